The molecule has 1 aliphatic rings. The molecule has 0 atom stereocenters. The van der Waals surface area contributed by atoms with Gasteiger partial charge in [-0.05, 0) is 91.0 Å². The van der Waals surface area contributed by atoms with Gasteiger partial charge in [0.25, 0.3) is 0 Å². The minimum atomic E-state index is -0.135. The first-order valence-corrected chi connectivity index (χ1v) is 13.4. The van der Waals surface area contributed by atoms with Gasteiger partial charge in [-0.25, -0.2) is 0 Å². The maximum absolute atomic E-state index is 2.43. The molecule has 0 fully saturated rings. The lowest BCUT2D eigenvalue weighted by atomic mass is 9.78. The third-order valence-corrected chi connectivity index (χ3v) is 8.53. The van der Waals surface area contributed by atoms with Gasteiger partial charge in [-0.15, -0.1) is 0 Å². The fraction of sp³-hybridized carbons (Fsp3) is 0.0811. The van der Waals surface area contributed by atoms with Gasteiger partial charge in [0, 0.05) is 22.5 Å². The van der Waals surface area contributed by atoms with Crippen molar-refractivity contribution in [3.05, 3.63) is 139 Å². The Morgan fingerprint density at radius 3 is 1.71 bits per heavy atom. The fourth-order valence-electron chi connectivity index (χ4n) is 6.91. The second kappa shape index (κ2) is 7.69. The lowest BCUT2D eigenvalue weighted by Crippen LogP contribution is -2.17. The zero-order valence-corrected chi connectivity index (χ0v) is 21.6. The molecule has 8 rings (SSSR count). The van der Waals surface area contributed by atoms with E-state index >= 15 is 0 Å². The van der Waals surface area contributed by atoms with Gasteiger partial charge < -0.3 is 4.90 Å². The Bertz CT molecular complexity index is 1940. The molecule has 0 heterocycles. The van der Waals surface area contributed by atoms with Crippen molar-refractivity contribution in [3.63, 3.8) is 0 Å². The van der Waals surface area contributed by atoms with Gasteiger partial charge in [-0.3, -0.25) is 0 Å². The molecule has 0 amide bonds. The molecule has 1 aliphatic carbocycles. The molecule has 1 heteroatoms. The lowest BCUT2D eigenvalue weighted by molar-refractivity contribution is 0.666. The largest absolute Gasteiger partial charge is 0.310 e. The van der Waals surface area contributed by atoms with Crippen LogP contribution in [0.25, 0.3) is 43.4 Å². The smallest absolute Gasteiger partial charge is 0.0465 e. The van der Waals surface area contributed by atoms with Crippen LogP contribution in [0.3, 0.4) is 0 Å². The zero-order valence-electron chi connectivity index (χ0n) is 21.6. The van der Waals surface area contributed by atoms with Crippen molar-refractivity contribution < 1.29 is 0 Å². The highest BCUT2D eigenvalue weighted by Crippen LogP contribution is 2.56. The molecule has 0 aromatic heterocycles. The number of hydrogen-bond donors (Lipinski definition) is 0. The van der Waals surface area contributed by atoms with E-state index in [1.165, 1.54) is 60.3 Å². The van der Waals surface area contributed by atoms with Crippen molar-refractivity contribution in [3.8, 4) is 11.1 Å². The van der Waals surface area contributed by atoms with Gasteiger partial charge in [0.15, 0.2) is 0 Å². The summed E-state index contributed by atoms with van der Waals surface area (Å²) in [6.07, 6.45) is 0. The standard InChI is InChI=1S/C37H27N/c1-37(2)32-23-28(38(26-13-5-3-6-14-26)27-15-7-4-8-16-27)21-22-29(32)35-30-17-9-11-24-19-20-25-12-10-18-31(36(35)37)34(25)33(24)30/h3-23H,1-2H3. The third kappa shape index (κ3) is 2.82. The van der Waals surface area contributed by atoms with E-state index in [1.807, 2.05) is 0 Å². The van der Waals surface area contributed by atoms with Gasteiger partial charge in [0.1, 0.15) is 0 Å². The number of benzene rings is 7. The molecule has 38 heavy (non-hydrogen) atoms. The summed E-state index contributed by atoms with van der Waals surface area (Å²) in [5.74, 6) is 0. The Morgan fingerprint density at radius 2 is 1.08 bits per heavy atom. The van der Waals surface area contributed by atoms with Crippen LogP contribution in [0.2, 0.25) is 0 Å². The highest BCUT2D eigenvalue weighted by atomic mass is 15.1. The number of rotatable bonds is 3. The first-order valence-electron chi connectivity index (χ1n) is 13.4. The molecule has 0 bridgehead atoms. The first kappa shape index (κ1) is 21.5. The summed E-state index contributed by atoms with van der Waals surface area (Å²) in [5, 5.41) is 8.17. The van der Waals surface area contributed by atoms with Crippen molar-refractivity contribution in [1.82, 2.24) is 0 Å². The number of anilines is 3. The monoisotopic (exact) mass is 485 g/mol. The molecule has 0 saturated heterocycles. The summed E-state index contributed by atoms with van der Waals surface area (Å²) in [6, 6.07) is 46.6. The summed E-state index contributed by atoms with van der Waals surface area (Å²) in [7, 11) is 0. The normalized spacial score (nSPS) is 13.7. The predicted octanol–water partition coefficient (Wildman–Crippen LogP) is 10.4. The molecule has 0 radical (unpaired) electrons. The quantitative estimate of drug-likeness (QED) is 0.225. The highest BCUT2D eigenvalue weighted by Gasteiger charge is 2.39. The molecule has 180 valence electrons. The van der Waals surface area contributed by atoms with E-state index in [4.69, 9.17) is 0 Å². The van der Waals surface area contributed by atoms with Gasteiger partial charge in [-0.1, -0.05) is 105 Å². The zero-order chi connectivity index (χ0) is 25.4. The van der Waals surface area contributed by atoms with Crippen molar-refractivity contribution >= 4 is 49.4 Å². The van der Waals surface area contributed by atoms with Crippen molar-refractivity contribution in [2.24, 2.45) is 0 Å². The van der Waals surface area contributed by atoms with E-state index in [9.17, 15) is 0 Å². The second-order valence-corrected chi connectivity index (χ2v) is 11.0. The van der Waals surface area contributed by atoms with Crippen molar-refractivity contribution in [2.45, 2.75) is 19.3 Å². The van der Waals surface area contributed by atoms with Crippen LogP contribution in [-0.2, 0) is 5.41 Å². The second-order valence-electron chi connectivity index (χ2n) is 11.0. The topological polar surface area (TPSA) is 3.24 Å². The molecule has 7 aromatic carbocycles. The maximum atomic E-state index is 2.43. The summed E-state index contributed by atoms with van der Waals surface area (Å²) in [6.45, 7) is 4.81. The Hall–Kier alpha value is -4.62. The number of hydrogen-bond acceptors (Lipinski definition) is 1. The van der Waals surface area contributed by atoms with Gasteiger partial charge in [0.05, 0.1) is 0 Å². The molecule has 0 spiro atoms. The van der Waals surface area contributed by atoms with Crippen LogP contribution in [0.1, 0.15) is 25.0 Å². The first-order chi connectivity index (χ1) is 18.6. The van der Waals surface area contributed by atoms with E-state index in [2.05, 4.69) is 146 Å². The van der Waals surface area contributed by atoms with Gasteiger partial charge >= 0.3 is 0 Å². The van der Waals surface area contributed by atoms with Crippen LogP contribution in [0.5, 0.6) is 0 Å². The average Bonchev–Trinajstić information content (AvgIpc) is 3.20. The van der Waals surface area contributed by atoms with Gasteiger partial charge in [-0.2, -0.15) is 0 Å². The summed E-state index contributed by atoms with van der Waals surface area (Å²) in [4.78, 5) is 2.36. The Labute approximate surface area is 222 Å². The van der Waals surface area contributed by atoms with Crippen LogP contribution >= 0.6 is 0 Å². The van der Waals surface area contributed by atoms with Crippen molar-refractivity contribution in [1.29, 1.82) is 0 Å². The number of nitrogens with zero attached hydrogens (tertiary/aromatic N) is 1. The summed E-state index contributed by atoms with van der Waals surface area (Å²) >= 11 is 0. The molecular weight excluding hydrogens is 458 g/mol. The van der Waals surface area contributed by atoms with Crippen LogP contribution in [0.4, 0.5) is 17.1 Å². The van der Waals surface area contributed by atoms with E-state index in [-0.39, 0.29) is 5.41 Å². The van der Waals surface area contributed by atoms with Crippen molar-refractivity contribution in [2.75, 3.05) is 4.90 Å². The average molecular weight is 486 g/mol. The molecular formula is C37H27N. The maximum Gasteiger partial charge on any atom is 0.0465 e. The minimum absolute atomic E-state index is 0.135. The minimum Gasteiger partial charge on any atom is -0.310 e. The highest BCUT2D eigenvalue weighted by molar-refractivity contribution is 6.28. The number of para-hydroxylation sites is 2. The predicted molar refractivity (Wildman–Crippen MR) is 162 cm³/mol. The van der Waals surface area contributed by atoms with E-state index in [1.54, 1.807) is 0 Å². The molecule has 1 nitrogen and oxygen atoms in total. The molecule has 0 saturated carbocycles. The van der Waals surface area contributed by atoms with Gasteiger partial charge in [0.2, 0.25) is 0 Å². The lowest BCUT2D eigenvalue weighted by Gasteiger charge is -2.28. The van der Waals surface area contributed by atoms with E-state index in [0.29, 0.717) is 0 Å². The fourth-order valence-corrected chi connectivity index (χ4v) is 6.91. The van der Waals surface area contributed by atoms with Crippen LogP contribution in [-0.4, -0.2) is 0 Å². The van der Waals surface area contributed by atoms with E-state index < -0.39 is 0 Å². The van der Waals surface area contributed by atoms with Crippen LogP contribution < -0.4 is 4.90 Å². The Morgan fingerprint density at radius 1 is 0.500 bits per heavy atom. The van der Waals surface area contributed by atoms with Crippen LogP contribution in [0, 0.1) is 0 Å². The Balaban J connectivity index is 1.44. The third-order valence-electron chi connectivity index (χ3n) is 8.53. The van der Waals surface area contributed by atoms with E-state index in [0.717, 1.165) is 11.4 Å². The molecule has 0 unspecified atom stereocenters. The Kier molecular flexibility index (Phi) is 4.35. The molecule has 7 aromatic rings. The van der Waals surface area contributed by atoms with Crippen LogP contribution in [0.15, 0.2) is 127 Å². The summed E-state index contributed by atoms with van der Waals surface area (Å²) < 4.78 is 0. The molecule has 0 aliphatic heterocycles. The number of fused-ring (bicyclic) bond motifs is 5. The summed E-state index contributed by atoms with van der Waals surface area (Å²) in [5.41, 5.74) is 8.97. The SMILES string of the molecule is CC1(C)c2cc(N(c3ccccc3)c3ccccc3)ccc2-c2c1c1cccc3ccc4cccc2c4c31. The molecule has 0 N–H and O–H groups in total.